The normalized spacial score (nSPS) is 23.5. The van der Waals surface area contributed by atoms with Gasteiger partial charge in [0.05, 0.1) is 12.1 Å². The molecule has 29 heavy (non-hydrogen) atoms. The van der Waals surface area contributed by atoms with Crippen LogP contribution in [0.1, 0.15) is 69.0 Å². The molecule has 0 saturated carbocycles. The standard InChI is InChI=1S/C22H32N6O/c1-17(2)19-9-7-18(8-10-19)14-27-15-20(28-16-23-24-25-28)13-21(27)22(29)26-11-5-3-4-6-12-26/h7-10,16-17,20-21H,3-6,11-15H2,1-2H3/t20-,21+/m1/s1. The number of rotatable bonds is 5. The fourth-order valence-electron chi connectivity index (χ4n) is 4.58. The molecule has 2 aliphatic heterocycles. The van der Waals surface area contributed by atoms with E-state index < -0.39 is 0 Å². The van der Waals surface area contributed by atoms with Crippen molar-refractivity contribution < 1.29 is 4.79 Å². The Balaban J connectivity index is 1.51. The highest BCUT2D eigenvalue weighted by atomic mass is 16.2. The van der Waals surface area contributed by atoms with Gasteiger partial charge in [0.15, 0.2) is 0 Å². The van der Waals surface area contributed by atoms with Crippen LogP contribution in [0.25, 0.3) is 0 Å². The first-order valence-corrected chi connectivity index (χ1v) is 11.0. The molecular weight excluding hydrogens is 364 g/mol. The molecule has 4 rings (SSSR count). The van der Waals surface area contributed by atoms with E-state index >= 15 is 0 Å². The number of likely N-dealkylation sites (tertiary alicyclic amines) is 2. The highest BCUT2D eigenvalue weighted by molar-refractivity contribution is 5.82. The number of amides is 1. The molecule has 0 aliphatic carbocycles. The van der Waals surface area contributed by atoms with Crippen molar-refractivity contribution in [3.63, 3.8) is 0 Å². The number of hydrogen-bond donors (Lipinski definition) is 0. The maximum absolute atomic E-state index is 13.4. The van der Waals surface area contributed by atoms with Gasteiger partial charge in [-0.2, -0.15) is 0 Å². The number of aromatic nitrogens is 4. The first-order chi connectivity index (χ1) is 14.1. The van der Waals surface area contributed by atoms with Crippen molar-refractivity contribution in [2.24, 2.45) is 0 Å². The molecule has 2 atom stereocenters. The fourth-order valence-corrected chi connectivity index (χ4v) is 4.58. The molecule has 1 aromatic carbocycles. The average molecular weight is 397 g/mol. The van der Waals surface area contributed by atoms with Gasteiger partial charge in [-0.3, -0.25) is 9.69 Å². The maximum Gasteiger partial charge on any atom is 0.240 e. The van der Waals surface area contributed by atoms with Crippen LogP contribution in [0, 0.1) is 0 Å². The van der Waals surface area contributed by atoms with Crippen molar-refractivity contribution in [1.82, 2.24) is 30.0 Å². The second kappa shape index (κ2) is 9.03. The molecule has 0 spiro atoms. The molecule has 2 fully saturated rings. The minimum atomic E-state index is -0.105. The lowest BCUT2D eigenvalue weighted by atomic mass is 10.0. The summed E-state index contributed by atoms with van der Waals surface area (Å²) in [6, 6.07) is 8.86. The Labute approximate surface area is 173 Å². The van der Waals surface area contributed by atoms with Crippen LogP contribution in [0.3, 0.4) is 0 Å². The monoisotopic (exact) mass is 396 g/mol. The Bertz CT molecular complexity index is 780. The minimum Gasteiger partial charge on any atom is -0.341 e. The first-order valence-electron chi connectivity index (χ1n) is 11.0. The number of tetrazole rings is 1. The Morgan fingerprint density at radius 3 is 2.45 bits per heavy atom. The first kappa shape index (κ1) is 20.0. The quantitative estimate of drug-likeness (QED) is 0.777. The van der Waals surface area contributed by atoms with E-state index in [2.05, 4.69) is 63.4 Å². The number of carbonyl (C=O) groups excluding carboxylic acids is 1. The zero-order valence-electron chi connectivity index (χ0n) is 17.6. The predicted octanol–water partition coefficient (Wildman–Crippen LogP) is 3.01. The van der Waals surface area contributed by atoms with Gasteiger partial charge < -0.3 is 4.90 Å². The number of hydrogen-bond acceptors (Lipinski definition) is 5. The third-order valence-corrected chi connectivity index (χ3v) is 6.36. The molecule has 1 aromatic heterocycles. The number of nitrogens with zero attached hydrogens (tertiary/aromatic N) is 6. The van der Waals surface area contributed by atoms with Crippen LogP contribution in [-0.2, 0) is 11.3 Å². The summed E-state index contributed by atoms with van der Waals surface area (Å²) in [7, 11) is 0. The number of carbonyl (C=O) groups is 1. The van der Waals surface area contributed by atoms with Crippen molar-refractivity contribution >= 4 is 5.91 Å². The van der Waals surface area contributed by atoms with Gasteiger partial charge in [-0.05, 0) is 46.7 Å². The summed E-state index contributed by atoms with van der Waals surface area (Å²) in [6.07, 6.45) is 7.13. The van der Waals surface area contributed by atoms with Crippen LogP contribution in [0.5, 0.6) is 0 Å². The average Bonchev–Trinajstić information content (AvgIpc) is 3.31. The molecule has 0 unspecified atom stereocenters. The fraction of sp³-hybridized carbons (Fsp3) is 0.636. The lowest BCUT2D eigenvalue weighted by Crippen LogP contribution is -2.45. The Hall–Kier alpha value is -2.28. The van der Waals surface area contributed by atoms with Crippen LogP contribution >= 0.6 is 0 Å². The molecule has 2 aliphatic rings. The van der Waals surface area contributed by atoms with Gasteiger partial charge in [-0.25, -0.2) is 4.68 Å². The van der Waals surface area contributed by atoms with E-state index in [9.17, 15) is 4.79 Å². The smallest absolute Gasteiger partial charge is 0.240 e. The van der Waals surface area contributed by atoms with Crippen molar-refractivity contribution in [3.05, 3.63) is 41.7 Å². The second-order valence-corrected chi connectivity index (χ2v) is 8.76. The van der Waals surface area contributed by atoms with Crippen LogP contribution in [0.4, 0.5) is 0 Å². The lowest BCUT2D eigenvalue weighted by Gasteiger charge is -2.29. The summed E-state index contributed by atoms with van der Waals surface area (Å²) in [5, 5.41) is 11.7. The topological polar surface area (TPSA) is 67.2 Å². The molecule has 2 saturated heterocycles. The Morgan fingerprint density at radius 1 is 1.10 bits per heavy atom. The van der Waals surface area contributed by atoms with Crippen LogP contribution in [0.15, 0.2) is 30.6 Å². The van der Waals surface area contributed by atoms with Gasteiger partial charge in [0.25, 0.3) is 0 Å². The molecule has 2 aromatic rings. The van der Waals surface area contributed by atoms with E-state index in [0.717, 1.165) is 45.4 Å². The summed E-state index contributed by atoms with van der Waals surface area (Å²) >= 11 is 0. The zero-order valence-corrected chi connectivity index (χ0v) is 17.6. The second-order valence-electron chi connectivity index (χ2n) is 8.76. The summed E-state index contributed by atoms with van der Waals surface area (Å²) in [4.78, 5) is 17.9. The molecule has 0 N–H and O–H groups in total. The molecule has 0 bridgehead atoms. The van der Waals surface area contributed by atoms with Crippen LogP contribution in [-0.4, -0.2) is 61.6 Å². The molecule has 0 radical (unpaired) electrons. The van der Waals surface area contributed by atoms with E-state index in [1.54, 1.807) is 6.33 Å². The maximum atomic E-state index is 13.4. The van der Waals surface area contributed by atoms with Gasteiger partial charge in [0, 0.05) is 26.2 Å². The summed E-state index contributed by atoms with van der Waals surface area (Å²) in [6.45, 7) is 7.77. The van der Waals surface area contributed by atoms with Crippen molar-refractivity contribution in [3.8, 4) is 0 Å². The largest absolute Gasteiger partial charge is 0.341 e. The van der Waals surface area contributed by atoms with Gasteiger partial charge in [0.2, 0.25) is 5.91 Å². The van der Waals surface area contributed by atoms with Crippen LogP contribution in [0.2, 0.25) is 0 Å². The van der Waals surface area contributed by atoms with Crippen molar-refractivity contribution in [2.45, 2.75) is 70.5 Å². The predicted molar refractivity (Wildman–Crippen MR) is 111 cm³/mol. The van der Waals surface area contributed by atoms with E-state index in [0.29, 0.717) is 5.92 Å². The van der Waals surface area contributed by atoms with Gasteiger partial charge in [-0.1, -0.05) is 51.0 Å². The summed E-state index contributed by atoms with van der Waals surface area (Å²) in [5.41, 5.74) is 2.60. The van der Waals surface area contributed by atoms with Crippen molar-refractivity contribution in [2.75, 3.05) is 19.6 Å². The van der Waals surface area contributed by atoms with Gasteiger partial charge in [-0.15, -0.1) is 5.10 Å². The highest BCUT2D eigenvalue weighted by Crippen LogP contribution is 2.30. The van der Waals surface area contributed by atoms with Gasteiger partial charge in [0.1, 0.15) is 6.33 Å². The van der Waals surface area contributed by atoms with Crippen LogP contribution < -0.4 is 0 Å². The third-order valence-electron chi connectivity index (χ3n) is 6.36. The third kappa shape index (κ3) is 4.66. The molecular formula is C22H32N6O. The Morgan fingerprint density at radius 2 is 1.83 bits per heavy atom. The van der Waals surface area contributed by atoms with E-state index in [-0.39, 0.29) is 18.0 Å². The number of benzene rings is 1. The molecule has 7 nitrogen and oxygen atoms in total. The van der Waals surface area contributed by atoms with Gasteiger partial charge >= 0.3 is 0 Å². The molecule has 1 amide bonds. The molecule has 3 heterocycles. The highest BCUT2D eigenvalue weighted by Gasteiger charge is 2.40. The zero-order chi connectivity index (χ0) is 20.2. The van der Waals surface area contributed by atoms with E-state index in [4.69, 9.17) is 0 Å². The Kier molecular flexibility index (Phi) is 6.23. The van der Waals surface area contributed by atoms with E-state index in [1.807, 2.05) is 4.68 Å². The van der Waals surface area contributed by atoms with Crippen molar-refractivity contribution in [1.29, 1.82) is 0 Å². The minimum absolute atomic E-state index is 0.105. The molecule has 7 heteroatoms. The summed E-state index contributed by atoms with van der Waals surface area (Å²) < 4.78 is 1.81. The SMILES string of the molecule is CC(C)c1ccc(CN2C[C@H](n3cnnn3)C[C@H]2C(=O)N2CCCCCC2)cc1. The lowest BCUT2D eigenvalue weighted by molar-refractivity contribution is -0.136. The summed E-state index contributed by atoms with van der Waals surface area (Å²) in [5.74, 6) is 0.804. The molecule has 156 valence electrons. The van der Waals surface area contributed by atoms with E-state index in [1.165, 1.54) is 24.0 Å².